The molecule has 2 N–H and O–H groups in total. The number of rotatable bonds is 2. The van der Waals surface area contributed by atoms with Crippen molar-refractivity contribution in [2.24, 2.45) is 0 Å². The van der Waals surface area contributed by atoms with Gasteiger partial charge in [-0.15, -0.1) is 0 Å². The monoisotopic (exact) mass is 305 g/mol. The third-order valence-electron chi connectivity index (χ3n) is 3.88. The van der Waals surface area contributed by atoms with Crippen molar-refractivity contribution in [3.05, 3.63) is 35.9 Å². The Balaban J connectivity index is 1.82. The third kappa shape index (κ3) is 3.33. The summed E-state index contributed by atoms with van der Waals surface area (Å²) in [5, 5.41) is 1.06. The molecule has 1 aromatic carbocycles. The summed E-state index contributed by atoms with van der Waals surface area (Å²) in [7, 11) is -2.88. The van der Waals surface area contributed by atoms with Crippen molar-refractivity contribution in [2.45, 2.75) is 13.0 Å². The van der Waals surface area contributed by atoms with Gasteiger partial charge in [-0.1, -0.05) is 18.2 Å². The van der Waals surface area contributed by atoms with Gasteiger partial charge in [-0.25, -0.2) is 13.4 Å². The van der Waals surface area contributed by atoms with Gasteiger partial charge in [0.2, 0.25) is 0 Å². The lowest BCUT2D eigenvalue weighted by molar-refractivity contribution is 0.287. The number of para-hydroxylation sites is 1. The minimum atomic E-state index is -2.88. The van der Waals surface area contributed by atoms with Crippen molar-refractivity contribution >= 4 is 26.6 Å². The molecule has 1 aliphatic heterocycles. The number of nitrogen functional groups attached to an aromatic ring is 1. The molecule has 1 aromatic heterocycles. The van der Waals surface area contributed by atoms with Gasteiger partial charge in [0, 0.05) is 24.0 Å². The standard InChI is InChI=1S/C15H19N3O2S/c16-15-13(10-12-4-1-2-5-14(12)17-15)11-18-6-3-8-21(19,20)9-7-18/h1-2,4-5,10H,3,6-9,11H2,(H2,16,17). The number of aromatic nitrogens is 1. The van der Waals surface area contributed by atoms with Crippen LogP contribution in [-0.2, 0) is 16.4 Å². The summed E-state index contributed by atoms with van der Waals surface area (Å²) in [6.45, 7) is 2.00. The van der Waals surface area contributed by atoms with E-state index in [4.69, 9.17) is 5.73 Å². The van der Waals surface area contributed by atoms with Gasteiger partial charge in [0.1, 0.15) is 5.82 Å². The van der Waals surface area contributed by atoms with Crippen LogP contribution < -0.4 is 5.73 Å². The maximum Gasteiger partial charge on any atom is 0.151 e. The summed E-state index contributed by atoms with van der Waals surface area (Å²) >= 11 is 0. The lowest BCUT2D eigenvalue weighted by atomic mass is 10.1. The summed E-state index contributed by atoms with van der Waals surface area (Å²) in [4.78, 5) is 6.57. The lowest BCUT2D eigenvalue weighted by Crippen LogP contribution is -2.27. The summed E-state index contributed by atoms with van der Waals surface area (Å²) in [5.74, 6) is 1.05. The Morgan fingerprint density at radius 2 is 2.00 bits per heavy atom. The lowest BCUT2D eigenvalue weighted by Gasteiger charge is -2.20. The molecule has 3 rings (SSSR count). The zero-order valence-corrected chi connectivity index (χ0v) is 12.6. The van der Waals surface area contributed by atoms with Crippen LogP contribution in [0.25, 0.3) is 10.9 Å². The minimum Gasteiger partial charge on any atom is -0.383 e. The van der Waals surface area contributed by atoms with E-state index in [0.29, 0.717) is 25.3 Å². The van der Waals surface area contributed by atoms with E-state index in [-0.39, 0.29) is 11.5 Å². The molecule has 1 saturated heterocycles. The molecule has 5 nitrogen and oxygen atoms in total. The zero-order chi connectivity index (χ0) is 14.9. The fourth-order valence-corrected chi connectivity index (χ4v) is 4.00. The Kier molecular flexibility index (Phi) is 3.82. The molecule has 0 aliphatic carbocycles. The summed E-state index contributed by atoms with van der Waals surface area (Å²) in [6, 6.07) is 9.92. The zero-order valence-electron chi connectivity index (χ0n) is 11.8. The van der Waals surface area contributed by atoms with Crippen LogP contribution in [0.3, 0.4) is 0 Å². The van der Waals surface area contributed by atoms with E-state index in [1.54, 1.807) is 0 Å². The van der Waals surface area contributed by atoms with Crippen LogP contribution in [0, 0.1) is 0 Å². The first-order chi connectivity index (χ1) is 10.0. The van der Waals surface area contributed by atoms with Crippen LogP contribution in [-0.4, -0.2) is 42.9 Å². The van der Waals surface area contributed by atoms with Gasteiger partial charge < -0.3 is 5.73 Å². The number of anilines is 1. The van der Waals surface area contributed by atoms with Crippen molar-refractivity contribution in [1.29, 1.82) is 0 Å². The molecule has 1 aliphatic rings. The van der Waals surface area contributed by atoms with Gasteiger partial charge >= 0.3 is 0 Å². The van der Waals surface area contributed by atoms with Gasteiger partial charge in [-0.3, -0.25) is 4.90 Å². The molecule has 0 amide bonds. The fourth-order valence-electron chi connectivity index (χ4n) is 2.69. The number of fused-ring (bicyclic) bond motifs is 1. The normalized spacial score (nSPS) is 19.4. The quantitative estimate of drug-likeness (QED) is 0.908. The molecular formula is C15H19N3O2S. The average molecular weight is 305 g/mol. The van der Waals surface area contributed by atoms with Crippen LogP contribution in [0.4, 0.5) is 5.82 Å². The van der Waals surface area contributed by atoms with E-state index in [1.807, 2.05) is 24.3 Å². The maximum atomic E-state index is 11.6. The number of benzene rings is 1. The molecule has 6 heteroatoms. The molecule has 1 fully saturated rings. The molecule has 0 spiro atoms. The topological polar surface area (TPSA) is 76.3 Å². The Morgan fingerprint density at radius 1 is 1.19 bits per heavy atom. The van der Waals surface area contributed by atoms with Crippen LogP contribution in [0.2, 0.25) is 0 Å². The number of nitrogens with two attached hydrogens (primary N) is 1. The highest BCUT2D eigenvalue weighted by molar-refractivity contribution is 7.91. The van der Waals surface area contributed by atoms with Crippen molar-refractivity contribution in [1.82, 2.24) is 9.88 Å². The highest BCUT2D eigenvalue weighted by atomic mass is 32.2. The predicted octanol–water partition coefficient (Wildman–Crippen LogP) is 1.44. The molecular weight excluding hydrogens is 286 g/mol. The largest absolute Gasteiger partial charge is 0.383 e. The average Bonchev–Trinajstić information content (AvgIpc) is 2.61. The first kappa shape index (κ1) is 14.3. The van der Waals surface area contributed by atoms with E-state index < -0.39 is 9.84 Å². The maximum absolute atomic E-state index is 11.6. The fraction of sp³-hybridized carbons (Fsp3) is 0.400. The number of hydrogen-bond donors (Lipinski definition) is 1. The molecule has 2 aromatic rings. The van der Waals surface area contributed by atoms with Crippen LogP contribution in [0.5, 0.6) is 0 Å². The van der Waals surface area contributed by atoms with Crippen LogP contribution in [0.15, 0.2) is 30.3 Å². The van der Waals surface area contributed by atoms with Crippen molar-refractivity contribution in [2.75, 3.05) is 30.3 Å². The second-order valence-electron chi connectivity index (χ2n) is 5.51. The van der Waals surface area contributed by atoms with E-state index in [0.717, 1.165) is 23.0 Å². The van der Waals surface area contributed by atoms with Crippen molar-refractivity contribution in [3.8, 4) is 0 Å². The Bertz CT molecular complexity index is 759. The van der Waals surface area contributed by atoms with Gasteiger partial charge in [-0.2, -0.15) is 0 Å². The van der Waals surface area contributed by atoms with Gasteiger partial charge in [0.15, 0.2) is 9.84 Å². The Morgan fingerprint density at radius 3 is 2.86 bits per heavy atom. The first-order valence-corrected chi connectivity index (χ1v) is 8.92. The van der Waals surface area contributed by atoms with Crippen molar-refractivity contribution < 1.29 is 8.42 Å². The summed E-state index contributed by atoms with van der Waals surface area (Å²) in [6.07, 6.45) is 0.684. The Hall–Kier alpha value is -1.66. The third-order valence-corrected chi connectivity index (χ3v) is 5.59. The molecule has 0 saturated carbocycles. The number of pyridine rings is 1. The summed E-state index contributed by atoms with van der Waals surface area (Å²) in [5.41, 5.74) is 7.89. The molecule has 0 bridgehead atoms. The molecule has 0 unspecified atom stereocenters. The molecule has 2 heterocycles. The highest BCUT2D eigenvalue weighted by Crippen LogP contribution is 2.20. The van der Waals surface area contributed by atoms with E-state index in [9.17, 15) is 8.42 Å². The van der Waals surface area contributed by atoms with Gasteiger partial charge in [-0.05, 0) is 25.1 Å². The second kappa shape index (κ2) is 5.61. The highest BCUT2D eigenvalue weighted by Gasteiger charge is 2.19. The smallest absolute Gasteiger partial charge is 0.151 e. The summed E-state index contributed by atoms with van der Waals surface area (Å²) < 4.78 is 23.3. The molecule has 0 atom stereocenters. The predicted molar refractivity (Wildman–Crippen MR) is 84.7 cm³/mol. The van der Waals surface area contributed by atoms with E-state index in [1.165, 1.54) is 0 Å². The molecule has 112 valence electrons. The van der Waals surface area contributed by atoms with Crippen LogP contribution in [0.1, 0.15) is 12.0 Å². The first-order valence-electron chi connectivity index (χ1n) is 7.10. The number of sulfone groups is 1. The SMILES string of the molecule is Nc1nc2ccccc2cc1CN1CCCS(=O)(=O)CC1. The second-order valence-corrected chi connectivity index (χ2v) is 7.81. The minimum absolute atomic E-state index is 0.230. The van der Waals surface area contributed by atoms with Crippen LogP contribution >= 0.6 is 0 Å². The molecule has 0 radical (unpaired) electrons. The molecule has 21 heavy (non-hydrogen) atoms. The van der Waals surface area contributed by atoms with E-state index in [2.05, 4.69) is 16.0 Å². The van der Waals surface area contributed by atoms with Gasteiger partial charge in [0.25, 0.3) is 0 Å². The Labute approximate surface area is 124 Å². The number of nitrogens with zero attached hydrogens (tertiary/aromatic N) is 2. The van der Waals surface area contributed by atoms with Gasteiger partial charge in [0.05, 0.1) is 17.0 Å². The van der Waals surface area contributed by atoms with Crippen molar-refractivity contribution in [3.63, 3.8) is 0 Å². The van der Waals surface area contributed by atoms with E-state index >= 15 is 0 Å². The number of hydrogen-bond acceptors (Lipinski definition) is 5.